The van der Waals surface area contributed by atoms with Crippen LogP contribution in [0.4, 0.5) is 0 Å². The molecule has 33 heavy (non-hydrogen) atoms. The van der Waals surface area contributed by atoms with Gasteiger partial charge >= 0.3 is 0 Å². The molecule has 1 amide bonds. The van der Waals surface area contributed by atoms with Gasteiger partial charge in [0.2, 0.25) is 11.8 Å². The predicted molar refractivity (Wildman–Crippen MR) is 125 cm³/mol. The second-order valence-corrected chi connectivity index (χ2v) is 12.4. The molecule has 2 fully saturated rings. The quantitative estimate of drug-likeness (QED) is 0.551. The molecule has 2 unspecified atom stereocenters. The lowest BCUT2D eigenvalue weighted by molar-refractivity contribution is -0.122. The van der Waals surface area contributed by atoms with Crippen molar-refractivity contribution in [2.24, 2.45) is 5.41 Å². The zero-order valence-corrected chi connectivity index (χ0v) is 20.9. The van der Waals surface area contributed by atoms with E-state index >= 15 is 0 Å². The second-order valence-electron chi connectivity index (χ2n) is 9.62. The number of amides is 1. The molecular formula is C22H28Cl2N4O4S. The van der Waals surface area contributed by atoms with Crippen LogP contribution in [0.15, 0.2) is 27.6 Å². The Balaban J connectivity index is 1.33. The van der Waals surface area contributed by atoms with E-state index in [1.807, 2.05) is 0 Å². The van der Waals surface area contributed by atoms with Gasteiger partial charge in [-0.05, 0) is 49.7 Å². The minimum absolute atomic E-state index is 0.0369. The Labute approximate surface area is 203 Å². The molecule has 8 nitrogen and oxygen atoms in total. The molecule has 0 spiro atoms. The summed E-state index contributed by atoms with van der Waals surface area (Å²) < 4.78 is 30.5. The Kier molecular flexibility index (Phi) is 7.05. The highest BCUT2D eigenvalue weighted by Gasteiger charge is 2.39. The van der Waals surface area contributed by atoms with E-state index in [0.717, 1.165) is 19.3 Å². The third-order valence-electron chi connectivity index (χ3n) is 6.30. The summed E-state index contributed by atoms with van der Waals surface area (Å²) in [5.74, 6) is -0.710. The van der Waals surface area contributed by atoms with E-state index in [1.54, 1.807) is 0 Å². The number of hydrogen-bond acceptors (Lipinski definition) is 7. The van der Waals surface area contributed by atoms with Crippen molar-refractivity contribution in [3.05, 3.63) is 40.0 Å². The van der Waals surface area contributed by atoms with Gasteiger partial charge in [-0.2, -0.15) is 4.98 Å². The Bertz CT molecular complexity index is 1130. The normalized spacial score (nSPS) is 22.8. The third kappa shape index (κ3) is 6.07. The zero-order valence-electron chi connectivity index (χ0n) is 18.6. The summed E-state index contributed by atoms with van der Waals surface area (Å²) in [6.07, 6.45) is 5.34. The van der Waals surface area contributed by atoms with Crippen LogP contribution in [0, 0.1) is 5.41 Å². The van der Waals surface area contributed by atoms with E-state index < -0.39 is 15.6 Å². The van der Waals surface area contributed by atoms with Gasteiger partial charge in [0.05, 0.1) is 14.9 Å². The van der Waals surface area contributed by atoms with Crippen LogP contribution in [0.25, 0.3) is 0 Å². The van der Waals surface area contributed by atoms with E-state index in [4.69, 9.17) is 27.7 Å². The van der Waals surface area contributed by atoms with E-state index in [9.17, 15) is 13.2 Å². The Morgan fingerprint density at radius 2 is 1.91 bits per heavy atom. The van der Waals surface area contributed by atoms with Crippen molar-refractivity contribution in [2.75, 3.05) is 0 Å². The molecule has 11 heteroatoms. The van der Waals surface area contributed by atoms with Crippen LogP contribution in [0.2, 0.25) is 10.0 Å². The summed E-state index contributed by atoms with van der Waals surface area (Å²) in [5.41, 5.74) is -0.0369. The predicted octanol–water partition coefficient (Wildman–Crippen LogP) is 3.71. The molecule has 0 radical (unpaired) electrons. The fourth-order valence-corrected chi connectivity index (χ4v) is 6.40. The largest absolute Gasteiger partial charge is 0.352 e. The first-order valence-electron chi connectivity index (χ1n) is 11.1. The lowest BCUT2D eigenvalue weighted by Gasteiger charge is -2.43. The van der Waals surface area contributed by atoms with Crippen molar-refractivity contribution < 1.29 is 17.7 Å². The van der Waals surface area contributed by atoms with E-state index in [1.165, 1.54) is 31.0 Å². The maximum absolute atomic E-state index is 12.7. The van der Waals surface area contributed by atoms with Gasteiger partial charge in [0.15, 0.2) is 15.7 Å². The van der Waals surface area contributed by atoms with Gasteiger partial charge in [0, 0.05) is 18.1 Å². The minimum atomic E-state index is -3.84. The molecule has 0 aliphatic heterocycles. The Morgan fingerprint density at radius 3 is 2.61 bits per heavy atom. The molecule has 180 valence electrons. The number of carbonyl (C=O) groups excluding carboxylic acids is 1. The van der Waals surface area contributed by atoms with Crippen molar-refractivity contribution in [1.82, 2.24) is 20.8 Å². The van der Waals surface area contributed by atoms with Crippen LogP contribution >= 0.6 is 23.2 Å². The lowest BCUT2D eigenvalue weighted by Crippen LogP contribution is -2.52. The van der Waals surface area contributed by atoms with Crippen LogP contribution in [-0.4, -0.2) is 42.6 Å². The molecule has 1 heterocycles. The summed E-state index contributed by atoms with van der Waals surface area (Å²) in [5, 5.41) is 10.6. The first-order valence-corrected chi connectivity index (χ1v) is 13.5. The lowest BCUT2D eigenvalue weighted by atomic mass is 9.71. The maximum Gasteiger partial charge on any atom is 0.236 e. The standard InChI is InChI=1S/C22H28Cl2N4O4S/c1-22(2)11-14(25-13-6-7-13)8-9-17(22)26-19(29)10-20-27-18(28-32-20)12-33(30,31)16-5-3-4-15(23)21(16)24/h3-5,13-14,17,25H,6-12H2,1-2H3,(H,26,29). The molecular weight excluding hydrogens is 487 g/mol. The highest BCUT2D eigenvalue weighted by Crippen LogP contribution is 2.37. The molecule has 2 aromatic rings. The Morgan fingerprint density at radius 1 is 1.18 bits per heavy atom. The third-order valence-corrected chi connectivity index (χ3v) is 8.88. The summed E-state index contributed by atoms with van der Waals surface area (Å²) >= 11 is 12.0. The van der Waals surface area contributed by atoms with Gasteiger partial charge in [0.25, 0.3) is 0 Å². The zero-order chi connectivity index (χ0) is 23.8. The number of nitrogens with zero attached hydrogens (tertiary/aromatic N) is 2. The molecule has 2 N–H and O–H groups in total. The first-order chi connectivity index (χ1) is 15.5. The van der Waals surface area contributed by atoms with Crippen LogP contribution in [0.3, 0.4) is 0 Å². The molecule has 2 atom stereocenters. The number of sulfone groups is 1. The SMILES string of the molecule is CC1(C)CC(NC2CC2)CCC1NC(=O)Cc1nc(CS(=O)(=O)c2cccc(Cl)c2Cl)no1. The maximum atomic E-state index is 12.7. The molecule has 0 bridgehead atoms. The summed E-state index contributed by atoms with van der Waals surface area (Å²) in [4.78, 5) is 16.6. The monoisotopic (exact) mass is 514 g/mol. The van der Waals surface area contributed by atoms with Crippen molar-refractivity contribution in [1.29, 1.82) is 0 Å². The van der Waals surface area contributed by atoms with Gasteiger partial charge in [-0.1, -0.05) is 48.3 Å². The van der Waals surface area contributed by atoms with E-state index in [2.05, 4.69) is 34.6 Å². The van der Waals surface area contributed by atoms with Gasteiger partial charge in [-0.25, -0.2) is 8.42 Å². The average molecular weight is 515 g/mol. The number of aromatic nitrogens is 2. The van der Waals surface area contributed by atoms with E-state index in [-0.39, 0.29) is 50.4 Å². The molecule has 4 rings (SSSR count). The number of halogens is 2. The van der Waals surface area contributed by atoms with Crippen LogP contribution < -0.4 is 10.6 Å². The van der Waals surface area contributed by atoms with Crippen LogP contribution in [0.5, 0.6) is 0 Å². The van der Waals surface area contributed by atoms with Crippen LogP contribution in [-0.2, 0) is 26.8 Å². The average Bonchev–Trinajstić information content (AvgIpc) is 3.43. The Hall–Kier alpha value is -1.68. The first kappa shape index (κ1) is 24.4. The van der Waals surface area contributed by atoms with Crippen molar-refractivity contribution >= 4 is 38.9 Å². The fourth-order valence-electron chi connectivity index (χ4n) is 4.41. The number of nitrogens with one attached hydrogen (secondary N) is 2. The number of rotatable bonds is 8. The molecule has 1 aromatic heterocycles. The molecule has 2 aliphatic rings. The summed E-state index contributed by atoms with van der Waals surface area (Å²) in [6, 6.07) is 5.59. The van der Waals surface area contributed by atoms with Crippen LogP contribution in [0.1, 0.15) is 57.7 Å². The second kappa shape index (κ2) is 9.52. The summed E-state index contributed by atoms with van der Waals surface area (Å²) in [7, 11) is -3.84. The fraction of sp³-hybridized carbons (Fsp3) is 0.591. The van der Waals surface area contributed by atoms with Crippen molar-refractivity contribution in [3.63, 3.8) is 0 Å². The van der Waals surface area contributed by atoms with Crippen molar-refractivity contribution in [2.45, 2.75) is 81.1 Å². The highest BCUT2D eigenvalue weighted by molar-refractivity contribution is 7.90. The van der Waals surface area contributed by atoms with Crippen molar-refractivity contribution in [3.8, 4) is 0 Å². The number of carbonyl (C=O) groups is 1. The van der Waals surface area contributed by atoms with Gasteiger partial charge in [-0.15, -0.1) is 0 Å². The molecule has 2 aliphatic carbocycles. The summed E-state index contributed by atoms with van der Waals surface area (Å²) in [6.45, 7) is 4.35. The molecule has 1 aromatic carbocycles. The van der Waals surface area contributed by atoms with Gasteiger partial charge in [0.1, 0.15) is 12.2 Å². The topological polar surface area (TPSA) is 114 Å². The minimum Gasteiger partial charge on any atom is -0.352 e. The number of hydrogen-bond donors (Lipinski definition) is 2. The number of benzene rings is 1. The molecule has 2 saturated carbocycles. The van der Waals surface area contributed by atoms with E-state index in [0.29, 0.717) is 12.1 Å². The smallest absolute Gasteiger partial charge is 0.236 e. The highest BCUT2D eigenvalue weighted by atomic mass is 35.5. The van der Waals surface area contributed by atoms with Gasteiger partial charge in [-0.3, -0.25) is 4.79 Å². The van der Waals surface area contributed by atoms with Gasteiger partial charge < -0.3 is 15.2 Å². The molecule has 0 saturated heterocycles.